The Bertz CT molecular complexity index is 374. The van der Waals surface area contributed by atoms with Crippen LogP contribution in [-0.2, 0) is 0 Å². The van der Waals surface area contributed by atoms with Crippen molar-refractivity contribution in [3.05, 3.63) is 11.5 Å². The van der Waals surface area contributed by atoms with Gasteiger partial charge in [-0.15, -0.1) is 0 Å². The molecule has 0 unspecified atom stereocenters. The molecule has 1 saturated carbocycles. The van der Waals surface area contributed by atoms with Crippen molar-refractivity contribution in [3.8, 4) is 0 Å². The zero-order chi connectivity index (χ0) is 11.5. The molecule has 0 amide bonds. The highest BCUT2D eigenvalue weighted by Crippen LogP contribution is 2.30. The smallest absolute Gasteiger partial charge is 0.157 e. The highest BCUT2D eigenvalue weighted by molar-refractivity contribution is 6.32. The summed E-state index contributed by atoms with van der Waals surface area (Å²) in [6.45, 7) is 0.248. The number of nitrogens with one attached hydrogen (secondary N) is 1. The molecule has 0 aliphatic heterocycles. The van der Waals surface area contributed by atoms with E-state index in [2.05, 4.69) is 15.3 Å². The number of halogens is 1. The van der Waals surface area contributed by atoms with Gasteiger partial charge in [-0.3, -0.25) is 0 Å². The minimum absolute atomic E-state index is 0.248. The quantitative estimate of drug-likeness (QED) is 0.696. The van der Waals surface area contributed by atoms with E-state index in [1.807, 2.05) is 0 Å². The van der Waals surface area contributed by atoms with Crippen LogP contribution in [0.1, 0.15) is 19.3 Å². The maximum atomic E-state index is 9.05. The lowest BCUT2D eigenvalue weighted by molar-refractivity contribution is 0.229. The number of anilines is 2. The van der Waals surface area contributed by atoms with Crippen LogP contribution in [0.3, 0.4) is 0 Å². The van der Waals surface area contributed by atoms with E-state index < -0.39 is 0 Å². The average Bonchev–Trinajstić information content (AvgIpc) is 2.73. The molecule has 0 radical (unpaired) electrons. The molecular formula is C10H15ClN4O. The maximum Gasteiger partial charge on any atom is 0.157 e. The van der Waals surface area contributed by atoms with Crippen LogP contribution in [0.2, 0.25) is 5.15 Å². The fourth-order valence-electron chi connectivity index (χ4n) is 2.05. The standard InChI is InChI=1S/C10H15ClN4O/c11-9-8(12)10(14-5-13-9)15-7-2-1-6(3-7)4-16/h5-7,16H,1-4,12H2,(H,13,14,15)/t6-,7+/m1/s1. The summed E-state index contributed by atoms with van der Waals surface area (Å²) in [7, 11) is 0. The van der Waals surface area contributed by atoms with E-state index in [1.165, 1.54) is 6.33 Å². The molecule has 0 saturated heterocycles. The molecule has 4 N–H and O–H groups in total. The highest BCUT2D eigenvalue weighted by Gasteiger charge is 2.24. The molecule has 2 rings (SSSR count). The summed E-state index contributed by atoms with van der Waals surface area (Å²) in [4.78, 5) is 7.85. The Morgan fingerprint density at radius 2 is 2.31 bits per heavy atom. The number of aliphatic hydroxyl groups is 1. The van der Waals surface area contributed by atoms with Crippen molar-refractivity contribution in [1.29, 1.82) is 0 Å². The molecule has 1 heterocycles. The van der Waals surface area contributed by atoms with Crippen molar-refractivity contribution >= 4 is 23.1 Å². The lowest BCUT2D eigenvalue weighted by Crippen LogP contribution is -2.18. The summed E-state index contributed by atoms with van der Waals surface area (Å²) in [5, 5.41) is 12.6. The molecular weight excluding hydrogens is 228 g/mol. The van der Waals surface area contributed by atoms with Crippen molar-refractivity contribution in [2.24, 2.45) is 5.92 Å². The Labute approximate surface area is 99.0 Å². The van der Waals surface area contributed by atoms with Gasteiger partial charge in [-0.1, -0.05) is 11.6 Å². The van der Waals surface area contributed by atoms with Crippen LogP contribution in [0.5, 0.6) is 0 Å². The predicted molar refractivity (Wildman–Crippen MR) is 63.3 cm³/mol. The minimum atomic E-state index is 0.248. The van der Waals surface area contributed by atoms with Gasteiger partial charge >= 0.3 is 0 Å². The molecule has 2 atom stereocenters. The maximum absolute atomic E-state index is 9.05. The topological polar surface area (TPSA) is 84.1 Å². The summed E-state index contributed by atoms with van der Waals surface area (Å²) in [5.74, 6) is 0.972. The molecule has 16 heavy (non-hydrogen) atoms. The monoisotopic (exact) mass is 242 g/mol. The fraction of sp³-hybridized carbons (Fsp3) is 0.600. The Kier molecular flexibility index (Phi) is 3.46. The van der Waals surface area contributed by atoms with Gasteiger partial charge in [-0.2, -0.15) is 0 Å². The number of nitrogen functional groups attached to an aromatic ring is 1. The molecule has 88 valence electrons. The second-order valence-corrected chi connectivity index (χ2v) is 4.49. The van der Waals surface area contributed by atoms with Gasteiger partial charge in [0.15, 0.2) is 11.0 Å². The first-order chi connectivity index (χ1) is 7.70. The molecule has 0 spiro atoms. The number of hydrogen-bond donors (Lipinski definition) is 3. The predicted octanol–water partition coefficient (Wildman–Crippen LogP) is 1.29. The van der Waals surface area contributed by atoms with E-state index in [-0.39, 0.29) is 11.8 Å². The fourth-order valence-corrected chi connectivity index (χ4v) is 2.19. The van der Waals surface area contributed by atoms with Crippen molar-refractivity contribution in [1.82, 2.24) is 9.97 Å². The van der Waals surface area contributed by atoms with Crippen molar-refractivity contribution in [3.63, 3.8) is 0 Å². The number of aliphatic hydroxyl groups excluding tert-OH is 1. The SMILES string of the molecule is Nc1c(Cl)ncnc1N[C@H]1CC[C@@H](CO)C1. The van der Waals surface area contributed by atoms with Crippen molar-refractivity contribution < 1.29 is 5.11 Å². The second-order valence-electron chi connectivity index (χ2n) is 4.13. The van der Waals surface area contributed by atoms with Crippen LogP contribution in [0.15, 0.2) is 6.33 Å². The van der Waals surface area contributed by atoms with Crippen LogP contribution >= 0.6 is 11.6 Å². The number of rotatable bonds is 3. The number of aromatic nitrogens is 2. The zero-order valence-corrected chi connectivity index (χ0v) is 9.61. The van der Waals surface area contributed by atoms with E-state index in [0.717, 1.165) is 19.3 Å². The third-order valence-corrected chi connectivity index (χ3v) is 3.28. The van der Waals surface area contributed by atoms with Crippen LogP contribution in [0.25, 0.3) is 0 Å². The minimum Gasteiger partial charge on any atom is -0.396 e. The van der Waals surface area contributed by atoms with Crippen molar-refractivity contribution in [2.75, 3.05) is 17.7 Å². The van der Waals surface area contributed by atoms with Crippen LogP contribution in [0.4, 0.5) is 11.5 Å². The first kappa shape index (κ1) is 11.4. The summed E-state index contributed by atoms with van der Waals surface area (Å²) >= 11 is 5.80. The average molecular weight is 243 g/mol. The summed E-state index contributed by atoms with van der Waals surface area (Å²) in [6, 6.07) is 0.311. The first-order valence-corrected chi connectivity index (χ1v) is 5.72. The summed E-state index contributed by atoms with van der Waals surface area (Å²) < 4.78 is 0. The molecule has 5 nitrogen and oxygen atoms in total. The van der Waals surface area contributed by atoms with Gasteiger partial charge in [-0.25, -0.2) is 9.97 Å². The molecule has 1 aliphatic carbocycles. The highest BCUT2D eigenvalue weighted by atomic mass is 35.5. The van der Waals surface area contributed by atoms with Gasteiger partial charge in [0, 0.05) is 12.6 Å². The van der Waals surface area contributed by atoms with Crippen LogP contribution in [-0.4, -0.2) is 27.7 Å². The van der Waals surface area contributed by atoms with E-state index in [4.69, 9.17) is 22.4 Å². The second kappa shape index (κ2) is 4.84. The first-order valence-electron chi connectivity index (χ1n) is 5.34. The van der Waals surface area contributed by atoms with Crippen LogP contribution in [0, 0.1) is 5.92 Å². The van der Waals surface area contributed by atoms with E-state index in [9.17, 15) is 0 Å². The Morgan fingerprint density at radius 1 is 1.50 bits per heavy atom. The largest absolute Gasteiger partial charge is 0.396 e. The lowest BCUT2D eigenvalue weighted by atomic mass is 10.1. The number of nitrogens with zero attached hydrogens (tertiary/aromatic N) is 2. The number of nitrogens with two attached hydrogens (primary N) is 1. The molecule has 1 fully saturated rings. The van der Waals surface area contributed by atoms with Gasteiger partial charge < -0.3 is 16.2 Å². The van der Waals surface area contributed by atoms with Gasteiger partial charge in [0.05, 0.1) is 0 Å². The summed E-state index contributed by atoms with van der Waals surface area (Å²) in [6.07, 6.45) is 4.39. The van der Waals surface area contributed by atoms with Crippen LogP contribution < -0.4 is 11.1 Å². The molecule has 1 aromatic heterocycles. The normalized spacial score (nSPS) is 24.6. The van der Waals surface area contributed by atoms with Gasteiger partial charge in [-0.05, 0) is 25.2 Å². The molecule has 6 heteroatoms. The molecule has 1 aliphatic rings. The number of hydrogen-bond acceptors (Lipinski definition) is 5. The van der Waals surface area contributed by atoms with E-state index in [1.54, 1.807) is 0 Å². The Morgan fingerprint density at radius 3 is 3.00 bits per heavy atom. The van der Waals surface area contributed by atoms with Gasteiger partial charge in [0.1, 0.15) is 12.0 Å². The third kappa shape index (κ3) is 2.36. The molecule has 0 bridgehead atoms. The van der Waals surface area contributed by atoms with Gasteiger partial charge in [0.25, 0.3) is 0 Å². The van der Waals surface area contributed by atoms with E-state index >= 15 is 0 Å². The summed E-state index contributed by atoms with van der Waals surface area (Å²) in [5.41, 5.74) is 6.14. The van der Waals surface area contributed by atoms with Gasteiger partial charge in [0.2, 0.25) is 0 Å². The molecule has 0 aromatic carbocycles. The Balaban J connectivity index is 2.02. The molecule has 1 aromatic rings. The lowest BCUT2D eigenvalue weighted by Gasteiger charge is -2.14. The third-order valence-electron chi connectivity index (χ3n) is 2.98. The zero-order valence-electron chi connectivity index (χ0n) is 8.86. The van der Waals surface area contributed by atoms with Crippen molar-refractivity contribution in [2.45, 2.75) is 25.3 Å². The Hall–Kier alpha value is -1.07. The van der Waals surface area contributed by atoms with E-state index in [0.29, 0.717) is 23.5 Å².